The van der Waals surface area contributed by atoms with Gasteiger partial charge in [-0.25, -0.2) is 4.79 Å². The third-order valence-electron chi connectivity index (χ3n) is 3.95. The standard InChI is InChI=1S/C14H27N3O3/c1-3-15-14(20)17-13(19)10(2)16-8-11-6-4-5-7-12(11)9-18/h10-12,16,18H,3-9H2,1-2H3,(H2,15,17,19,20). The molecule has 0 aromatic heterocycles. The van der Waals surface area contributed by atoms with Crippen LogP contribution in [0, 0.1) is 11.8 Å². The van der Waals surface area contributed by atoms with E-state index in [2.05, 4.69) is 16.0 Å². The summed E-state index contributed by atoms with van der Waals surface area (Å²) in [6, 6.07) is -0.879. The minimum Gasteiger partial charge on any atom is -0.396 e. The summed E-state index contributed by atoms with van der Waals surface area (Å²) in [6.07, 6.45) is 4.50. The molecule has 0 radical (unpaired) electrons. The lowest BCUT2D eigenvalue weighted by Crippen LogP contribution is -2.49. The van der Waals surface area contributed by atoms with E-state index < -0.39 is 12.1 Å². The molecular formula is C14H27N3O3. The number of nitrogens with one attached hydrogen (secondary N) is 3. The number of hydrogen-bond donors (Lipinski definition) is 4. The molecule has 1 fully saturated rings. The zero-order valence-electron chi connectivity index (χ0n) is 12.4. The van der Waals surface area contributed by atoms with Crippen molar-refractivity contribution in [2.45, 2.75) is 45.6 Å². The Balaban J connectivity index is 2.32. The quantitative estimate of drug-likeness (QED) is 0.575. The van der Waals surface area contributed by atoms with Crippen LogP contribution in [0.2, 0.25) is 0 Å². The number of carbonyl (C=O) groups excluding carboxylic acids is 2. The van der Waals surface area contributed by atoms with Gasteiger partial charge in [-0.3, -0.25) is 10.1 Å². The van der Waals surface area contributed by atoms with E-state index in [4.69, 9.17) is 0 Å². The van der Waals surface area contributed by atoms with Gasteiger partial charge in [-0.15, -0.1) is 0 Å². The number of amides is 3. The molecular weight excluding hydrogens is 258 g/mol. The van der Waals surface area contributed by atoms with Crippen LogP contribution in [0.4, 0.5) is 4.79 Å². The minimum absolute atomic E-state index is 0.214. The molecule has 0 heterocycles. The highest BCUT2D eigenvalue weighted by Crippen LogP contribution is 2.29. The molecule has 4 N–H and O–H groups in total. The molecule has 3 atom stereocenters. The van der Waals surface area contributed by atoms with Crippen LogP contribution >= 0.6 is 0 Å². The van der Waals surface area contributed by atoms with E-state index in [0.29, 0.717) is 24.9 Å². The lowest BCUT2D eigenvalue weighted by atomic mass is 9.79. The van der Waals surface area contributed by atoms with Gasteiger partial charge in [-0.05, 0) is 45.1 Å². The third kappa shape index (κ3) is 5.46. The summed E-state index contributed by atoms with van der Waals surface area (Å²) >= 11 is 0. The van der Waals surface area contributed by atoms with Crippen LogP contribution in [-0.4, -0.2) is 42.8 Å². The predicted octanol–water partition coefficient (Wildman–Crippen LogP) is 0.609. The second-order valence-corrected chi connectivity index (χ2v) is 5.47. The third-order valence-corrected chi connectivity index (χ3v) is 3.95. The van der Waals surface area contributed by atoms with Crippen molar-refractivity contribution >= 4 is 11.9 Å². The maximum atomic E-state index is 11.8. The molecule has 0 aromatic rings. The molecule has 0 bridgehead atoms. The zero-order valence-corrected chi connectivity index (χ0v) is 12.4. The highest BCUT2D eigenvalue weighted by atomic mass is 16.3. The summed E-state index contributed by atoms with van der Waals surface area (Å²) in [4.78, 5) is 23.0. The summed E-state index contributed by atoms with van der Waals surface area (Å²) < 4.78 is 0. The number of imide groups is 1. The summed E-state index contributed by atoms with van der Waals surface area (Å²) in [5.41, 5.74) is 0. The first-order chi connectivity index (χ1) is 9.58. The molecule has 3 unspecified atom stereocenters. The second-order valence-electron chi connectivity index (χ2n) is 5.47. The van der Waals surface area contributed by atoms with Crippen molar-refractivity contribution in [2.24, 2.45) is 11.8 Å². The Morgan fingerprint density at radius 1 is 1.25 bits per heavy atom. The van der Waals surface area contributed by atoms with Gasteiger partial charge in [0.05, 0.1) is 6.04 Å². The Kier molecular flexibility index (Phi) is 7.54. The van der Waals surface area contributed by atoms with Crippen molar-refractivity contribution in [1.29, 1.82) is 0 Å². The van der Waals surface area contributed by atoms with Gasteiger partial charge in [0.2, 0.25) is 5.91 Å². The van der Waals surface area contributed by atoms with Gasteiger partial charge >= 0.3 is 6.03 Å². The summed E-state index contributed by atoms with van der Waals surface area (Å²) in [7, 11) is 0. The SMILES string of the molecule is CCNC(=O)NC(=O)C(C)NCC1CCCCC1CO. The smallest absolute Gasteiger partial charge is 0.321 e. The van der Waals surface area contributed by atoms with Gasteiger partial charge in [0, 0.05) is 13.2 Å². The molecule has 0 aliphatic heterocycles. The maximum Gasteiger partial charge on any atom is 0.321 e. The van der Waals surface area contributed by atoms with Gasteiger partial charge in [0.1, 0.15) is 0 Å². The summed E-state index contributed by atoms with van der Waals surface area (Å²) in [6.45, 7) is 4.94. The van der Waals surface area contributed by atoms with E-state index in [1.807, 2.05) is 0 Å². The van der Waals surface area contributed by atoms with Gasteiger partial charge in [0.25, 0.3) is 0 Å². The molecule has 116 valence electrons. The van der Waals surface area contributed by atoms with Crippen LogP contribution in [-0.2, 0) is 4.79 Å². The van der Waals surface area contributed by atoms with Gasteiger partial charge < -0.3 is 15.7 Å². The Bertz CT molecular complexity index is 323. The molecule has 1 saturated carbocycles. The highest BCUT2D eigenvalue weighted by Gasteiger charge is 2.25. The largest absolute Gasteiger partial charge is 0.396 e. The monoisotopic (exact) mass is 285 g/mol. The predicted molar refractivity (Wildman–Crippen MR) is 77.2 cm³/mol. The first-order valence-electron chi connectivity index (χ1n) is 7.51. The molecule has 6 heteroatoms. The van der Waals surface area contributed by atoms with Gasteiger partial charge in [-0.1, -0.05) is 12.8 Å². The van der Waals surface area contributed by atoms with E-state index in [-0.39, 0.29) is 12.5 Å². The van der Waals surface area contributed by atoms with Gasteiger partial charge in [-0.2, -0.15) is 0 Å². The fourth-order valence-electron chi connectivity index (χ4n) is 2.64. The molecule has 3 amide bonds. The Morgan fingerprint density at radius 3 is 2.50 bits per heavy atom. The zero-order chi connectivity index (χ0) is 15.0. The van der Waals surface area contributed by atoms with Crippen molar-refractivity contribution in [2.75, 3.05) is 19.7 Å². The fourth-order valence-corrected chi connectivity index (χ4v) is 2.64. The van der Waals surface area contributed by atoms with Crippen LogP contribution in [0.15, 0.2) is 0 Å². The van der Waals surface area contributed by atoms with Crippen LogP contribution in [0.3, 0.4) is 0 Å². The van der Waals surface area contributed by atoms with Crippen molar-refractivity contribution in [3.63, 3.8) is 0 Å². The Labute approximate surface area is 120 Å². The molecule has 1 rings (SSSR count). The lowest BCUT2D eigenvalue weighted by Gasteiger charge is -2.31. The number of carbonyl (C=O) groups is 2. The first kappa shape index (κ1) is 16.9. The van der Waals surface area contributed by atoms with Crippen molar-refractivity contribution < 1.29 is 14.7 Å². The molecule has 6 nitrogen and oxygen atoms in total. The number of aliphatic hydroxyl groups excluding tert-OH is 1. The lowest BCUT2D eigenvalue weighted by molar-refractivity contribution is -0.121. The van der Waals surface area contributed by atoms with E-state index in [9.17, 15) is 14.7 Å². The molecule has 0 aromatic carbocycles. The topological polar surface area (TPSA) is 90.5 Å². The maximum absolute atomic E-state index is 11.8. The molecule has 0 saturated heterocycles. The van der Waals surface area contributed by atoms with Crippen LogP contribution in [0.5, 0.6) is 0 Å². The normalized spacial score (nSPS) is 23.9. The number of rotatable bonds is 6. The number of aliphatic hydroxyl groups is 1. The minimum atomic E-state index is -0.461. The van der Waals surface area contributed by atoms with Gasteiger partial charge in [0.15, 0.2) is 0 Å². The van der Waals surface area contributed by atoms with E-state index in [0.717, 1.165) is 12.8 Å². The highest BCUT2D eigenvalue weighted by molar-refractivity contribution is 5.96. The van der Waals surface area contributed by atoms with Crippen molar-refractivity contribution in [3.8, 4) is 0 Å². The fraction of sp³-hybridized carbons (Fsp3) is 0.857. The summed E-state index contributed by atoms with van der Waals surface area (Å²) in [5.74, 6) is 0.413. The van der Waals surface area contributed by atoms with Crippen LogP contribution < -0.4 is 16.0 Å². The average molecular weight is 285 g/mol. The Hall–Kier alpha value is -1.14. The second kappa shape index (κ2) is 8.92. The number of hydrogen-bond acceptors (Lipinski definition) is 4. The van der Waals surface area contributed by atoms with E-state index in [1.165, 1.54) is 12.8 Å². The van der Waals surface area contributed by atoms with Crippen LogP contribution in [0.1, 0.15) is 39.5 Å². The first-order valence-corrected chi connectivity index (χ1v) is 7.51. The molecule has 20 heavy (non-hydrogen) atoms. The summed E-state index contributed by atoms with van der Waals surface area (Å²) in [5, 5.41) is 17.3. The molecule has 0 spiro atoms. The van der Waals surface area contributed by atoms with Crippen molar-refractivity contribution in [3.05, 3.63) is 0 Å². The number of urea groups is 1. The van der Waals surface area contributed by atoms with E-state index >= 15 is 0 Å². The Morgan fingerprint density at radius 2 is 1.90 bits per heavy atom. The molecule has 1 aliphatic carbocycles. The van der Waals surface area contributed by atoms with E-state index in [1.54, 1.807) is 13.8 Å². The van der Waals surface area contributed by atoms with Crippen molar-refractivity contribution in [1.82, 2.24) is 16.0 Å². The van der Waals surface area contributed by atoms with Crippen LogP contribution in [0.25, 0.3) is 0 Å². The molecule has 1 aliphatic rings. The average Bonchev–Trinajstić information content (AvgIpc) is 2.45.